The zero-order chi connectivity index (χ0) is 18.1. The molecule has 0 amide bonds. The van der Waals surface area contributed by atoms with Crippen LogP contribution in [0.25, 0.3) is 11.3 Å². The van der Waals surface area contributed by atoms with Crippen molar-refractivity contribution in [1.82, 2.24) is 15.1 Å². The summed E-state index contributed by atoms with van der Waals surface area (Å²) < 4.78 is 0. The maximum absolute atomic E-state index is 4.51. The van der Waals surface area contributed by atoms with E-state index in [4.69, 9.17) is 0 Å². The molecule has 3 heterocycles. The second kappa shape index (κ2) is 7.12. The topological polar surface area (TPSA) is 32.3 Å². The van der Waals surface area contributed by atoms with Crippen LogP contribution < -0.4 is 4.90 Å². The van der Waals surface area contributed by atoms with Crippen molar-refractivity contribution in [2.45, 2.75) is 6.54 Å². The summed E-state index contributed by atoms with van der Waals surface area (Å²) in [6.07, 6.45) is 0. The molecule has 2 aromatic carbocycles. The first-order valence-corrected chi connectivity index (χ1v) is 9.75. The molecule has 5 rings (SSSR count). The van der Waals surface area contributed by atoms with Crippen LogP contribution in [0, 0.1) is 11.8 Å². The zero-order valence-electron chi connectivity index (χ0n) is 15.4. The average Bonchev–Trinajstić information content (AvgIpc) is 3.28. The highest BCUT2D eigenvalue weighted by Gasteiger charge is 2.40. The van der Waals surface area contributed by atoms with Crippen molar-refractivity contribution < 1.29 is 0 Å². The van der Waals surface area contributed by atoms with E-state index in [1.165, 1.54) is 18.7 Å². The molecule has 2 atom stereocenters. The summed E-state index contributed by atoms with van der Waals surface area (Å²) in [6.45, 7) is 5.63. The molecule has 1 aromatic heterocycles. The van der Waals surface area contributed by atoms with Crippen molar-refractivity contribution in [3.05, 3.63) is 78.4 Å². The smallest absolute Gasteiger partial charge is 0.151 e. The summed E-state index contributed by atoms with van der Waals surface area (Å²) in [5, 5.41) is 8.97. The molecule has 4 nitrogen and oxygen atoms in total. The summed E-state index contributed by atoms with van der Waals surface area (Å²) in [5.74, 6) is 2.49. The van der Waals surface area contributed by atoms with Gasteiger partial charge in [-0.05, 0) is 29.5 Å². The first-order chi connectivity index (χ1) is 13.3. The van der Waals surface area contributed by atoms with Crippen molar-refractivity contribution in [2.24, 2.45) is 11.8 Å². The van der Waals surface area contributed by atoms with E-state index in [1.54, 1.807) is 0 Å². The first-order valence-electron chi connectivity index (χ1n) is 9.75. The molecule has 2 aliphatic heterocycles. The van der Waals surface area contributed by atoms with Gasteiger partial charge in [-0.3, -0.25) is 4.90 Å². The fourth-order valence-corrected chi connectivity index (χ4v) is 4.50. The van der Waals surface area contributed by atoms with Crippen LogP contribution in [0.1, 0.15) is 5.56 Å². The van der Waals surface area contributed by atoms with Gasteiger partial charge in [-0.15, -0.1) is 10.2 Å². The molecule has 0 aliphatic carbocycles. The van der Waals surface area contributed by atoms with E-state index in [0.29, 0.717) is 0 Å². The van der Waals surface area contributed by atoms with Gasteiger partial charge < -0.3 is 4.90 Å². The Hall–Kier alpha value is -2.72. The number of rotatable bonds is 4. The molecule has 136 valence electrons. The fraction of sp³-hybridized carbons (Fsp3) is 0.304. The number of hydrogen-bond acceptors (Lipinski definition) is 4. The number of benzene rings is 2. The third kappa shape index (κ3) is 3.45. The Balaban J connectivity index is 1.21. The Morgan fingerprint density at radius 3 is 2.00 bits per heavy atom. The van der Waals surface area contributed by atoms with Crippen LogP contribution in [0.2, 0.25) is 0 Å². The van der Waals surface area contributed by atoms with Gasteiger partial charge in [0.1, 0.15) is 0 Å². The normalized spacial score (nSPS) is 22.1. The minimum absolute atomic E-state index is 0.740. The van der Waals surface area contributed by atoms with Gasteiger partial charge in [0.15, 0.2) is 5.82 Å². The van der Waals surface area contributed by atoms with E-state index in [1.807, 2.05) is 18.2 Å². The second-order valence-electron chi connectivity index (χ2n) is 7.75. The van der Waals surface area contributed by atoms with Gasteiger partial charge in [-0.25, -0.2) is 0 Å². The number of likely N-dealkylation sites (tertiary alicyclic amines) is 1. The molecule has 0 bridgehead atoms. The van der Waals surface area contributed by atoms with Gasteiger partial charge in [-0.2, -0.15) is 0 Å². The molecule has 0 spiro atoms. The lowest BCUT2D eigenvalue weighted by Gasteiger charge is -2.22. The Morgan fingerprint density at radius 2 is 1.37 bits per heavy atom. The molecule has 4 heteroatoms. The predicted molar refractivity (Wildman–Crippen MR) is 108 cm³/mol. The molecular formula is C23H24N4. The minimum Gasteiger partial charge on any atom is -0.354 e. The highest BCUT2D eigenvalue weighted by atomic mass is 15.3. The van der Waals surface area contributed by atoms with Gasteiger partial charge in [0.2, 0.25) is 0 Å². The zero-order valence-corrected chi connectivity index (χ0v) is 15.4. The van der Waals surface area contributed by atoms with E-state index in [-0.39, 0.29) is 0 Å². The van der Waals surface area contributed by atoms with Crippen molar-refractivity contribution in [3.63, 3.8) is 0 Å². The fourth-order valence-electron chi connectivity index (χ4n) is 4.50. The highest BCUT2D eigenvalue weighted by molar-refractivity contribution is 5.59. The number of aromatic nitrogens is 2. The average molecular weight is 356 g/mol. The Kier molecular flexibility index (Phi) is 4.34. The predicted octanol–water partition coefficient (Wildman–Crippen LogP) is 3.71. The molecular weight excluding hydrogens is 332 g/mol. The number of hydrogen-bond donors (Lipinski definition) is 0. The summed E-state index contributed by atoms with van der Waals surface area (Å²) >= 11 is 0. The van der Waals surface area contributed by atoms with Crippen LogP contribution in [0.5, 0.6) is 0 Å². The number of anilines is 1. The summed E-state index contributed by atoms with van der Waals surface area (Å²) in [4.78, 5) is 5.02. The quantitative estimate of drug-likeness (QED) is 0.713. The molecule has 2 fully saturated rings. The second-order valence-corrected chi connectivity index (χ2v) is 7.75. The van der Waals surface area contributed by atoms with Crippen molar-refractivity contribution in [1.29, 1.82) is 0 Å². The van der Waals surface area contributed by atoms with Gasteiger partial charge in [0.25, 0.3) is 0 Å². The highest BCUT2D eigenvalue weighted by Crippen LogP contribution is 2.34. The first kappa shape index (κ1) is 16.5. The van der Waals surface area contributed by atoms with E-state index in [2.05, 4.69) is 74.6 Å². The van der Waals surface area contributed by atoms with E-state index < -0.39 is 0 Å². The molecule has 27 heavy (non-hydrogen) atoms. The van der Waals surface area contributed by atoms with Gasteiger partial charge in [0, 0.05) is 38.3 Å². The number of fused-ring (bicyclic) bond motifs is 1. The lowest BCUT2D eigenvalue weighted by molar-refractivity contribution is 0.309. The lowest BCUT2D eigenvalue weighted by Crippen LogP contribution is -2.29. The van der Waals surface area contributed by atoms with Gasteiger partial charge in [0.05, 0.1) is 5.69 Å². The Bertz CT molecular complexity index is 865. The van der Waals surface area contributed by atoms with E-state index in [9.17, 15) is 0 Å². The van der Waals surface area contributed by atoms with Crippen LogP contribution >= 0.6 is 0 Å². The third-order valence-corrected chi connectivity index (χ3v) is 5.85. The minimum atomic E-state index is 0.740. The van der Waals surface area contributed by atoms with Crippen molar-refractivity contribution >= 4 is 5.82 Å². The van der Waals surface area contributed by atoms with Crippen molar-refractivity contribution in [3.8, 4) is 11.3 Å². The molecule has 0 unspecified atom stereocenters. The number of nitrogens with zero attached hydrogens (tertiary/aromatic N) is 4. The molecule has 2 aliphatic rings. The maximum atomic E-state index is 4.51. The van der Waals surface area contributed by atoms with Crippen molar-refractivity contribution in [2.75, 3.05) is 31.1 Å². The Labute approximate surface area is 160 Å². The van der Waals surface area contributed by atoms with E-state index in [0.717, 1.165) is 48.5 Å². The third-order valence-electron chi connectivity index (χ3n) is 5.85. The summed E-state index contributed by atoms with van der Waals surface area (Å²) in [7, 11) is 0. The van der Waals surface area contributed by atoms with Crippen LogP contribution in [-0.2, 0) is 6.54 Å². The molecule has 2 saturated heterocycles. The SMILES string of the molecule is c1ccc(CN2C[C@H]3CN(c4ccc(-c5ccccc5)nn4)C[C@@H]3C2)cc1. The lowest BCUT2D eigenvalue weighted by atomic mass is 10.0. The molecule has 0 N–H and O–H groups in total. The largest absolute Gasteiger partial charge is 0.354 e. The summed E-state index contributed by atoms with van der Waals surface area (Å²) in [6, 6.07) is 25.3. The van der Waals surface area contributed by atoms with Gasteiger partial charge >= 0.3 is 0 Å². The van der Waals surface area contributed by atoms with Crippen LogP contribution in [0.15, 0.2) is 72.8 Å². The van der Waals surface area contributed by atoms with Crippen LogP contribution in [0.3, 0.4) is 0 Å². The van der Waals surface area contributed by atoms with Crippen LogP contribution in [-0.4, -0.2) is 41.3 Å². The molecule has 0 radical (unpaired) electrons. The molecule has 0 saturated carbocycles. The van der Waals surface area contributed by atoms with E-state index >= 15 is 0 Å². The van der Waals surface area contributed by atoms with Crippen LogP contribution in [0.4, 0.5) is 5.82 Å². The Morgan fingerprint density at radius 1 is 0.704 bits per heavy atom. The standard InChI is InChI=1S/C23H24N4/c1-3-7-18(8-4-1)13-26-14-20-16-27(17-21(20)15-26)23-12-11-22(24-25-23)19-9-5-2-6-10-19/h1-12,20-21H,13-17H2/t20-,21-/m0/s1. The maximum Gasteiger partial charge on any atom is 0.151 e. The summed E-state index contributed by atoms with van der Waals surface area (Å²) in [5.41, 5.74) is 3.47. The molecule has 3 aromatic rings. The van der Waals surface area contributed by atoms with Gasteiger partial charge in [-0.1, -0.05) is 60.7 Å². The monoisotopic (exact) mass is 356 g/mol.